The quantitative estimate of drug-likeness (QED) is 0.523. The van der Waals surface area contributed by atoms with Crippen LogP contribution in [0.5, 0.6) is 0 Å². The Labute approximate surface area is 171 Å². The first-order valence-corrected chi connectivity index (χ1v) is 9.83. The number of anilines is 1. The first-order valence-electron chi connectivity index (χ1n) is 9.45. The number of piperazine rings is 1. The lowest BCUT2D eigenvalue weighted by Crippen LogP contribution is -2.54. The van der Waals surface area contributed by atoms with Crippen molar-refractivity contribution in [2.24, 2.45) is 0 Å². The number of rotatable bonds is 6. The minimum absolute atomic E-state index is 0.0308. The van der Waals surface area contributed by atoms with Crippen molar-refractivity contribution in [3.8, 4) is 0 Å². The molecule has 1 aliphatic rings. The van der Waals surface area contributed by atoms with Crippen molar-refractivity contribution in [2.75, 3.05) is 31.1 Å². The van der Waals surface area contributed by atoms with E-state index in [4.69, 9.17) is 11.6 Å². The van der Waals surface area contributed by atoms with Gasteiger partial charge in [-0.3, -0.25) is 14.7 Å². The maximum Gasteiger partial charge on any atom is 0.360 e. The Morgan fingerprint density at radius 3 is 2.54 bits per heavy atom. The third kappa shape index (κ3) is 6.09. The number of carbonyl (C=O) groups is 2. The average Bonchev–Trinajstić information content (AvgIpc) is 2.61. The summed E-state index contributed by atoms with van der Waals surface area (Å²) in [4.78, 5) is 35.6. The van der Waals surface area contributed by atoms with Gasteiger partial charge in [-0.25, -0.2) is 9.59 Å². The van der Waals surface area contributed by atoms with Crippen LogP contribution < -0.4 is 4.90 Å². The highest BCUT2D eigenvalue weighted by molar-refractivity contribution is 6.30. The van der Waals surface area contributed by atoms with E-state index in [-0.39, 0.29) is 18.0 Å². The number of hydrogen-bond donors (Lipinski definition) is 0. The Hall–Kier alpha value is -1.83. The molecule has 1 aliphatic heterocycles. The summed E-state index contributed by atoms with van der Waals surface area (Å²) in [5, 5.41) is 4.90. The molecule has 7 nitrogen and oxygen atoms in total. The second-order valence-electron chi connectivity index (χ2n) is 7.99. The Balaban J connectivity index is 2.05. The molecule has 0 N–H and O–H groups in total. The summed E-state index contributed by atoms with van der Waals surface area (Å²) in [6.45, 7) is 12.1. The second kappa shape index (κ2) is 9.58. The van der Waals surface area contributed by atoms with Crippen LogP contribution in [0.3, 0.4) is 0 Å². The standard InChI is InChI=1S/C20H29ClN2O5/c1-6-16-12-23(18-8-7-15(21)11-17(18)20(3,4)5)10-9-22(16)13-19(25)27-28-26-14(2)24/h7-8,11,16H,6,9-10,12-13H2,1-5H3. The van der Waals surface area contributed by atoms with Crippen molar-refractivity contribution in [2.45, 2.75) is 52.5 Å². The molecule has 0 spiro atoms. The molecule has 8 heteroatoms. The molecular formula is C20H29ClN2O5. The minimum atomic E-state index is -0.689. The molecule has 1 aromatic rings. The average molecular weight is 413 g/mol. The van der Waals surface area contributed by atoms with E-state index in [1.807, 2.05) is 12.1 Å². The molecule has 1 atom stereocenters. The van der Waals surface area contributed by atoms with Crippen LogP contribution in [0.2, 0.25) is 5.02 Å². The third-order valence-electron chi connectivity index (χ3n) is 4.79. The zero-order valence-corrected chi connectivity index (χ0v) is 17.9. The highest BCUT2D eigenvalue weighted by Gasteiger charge is 2.30. The molecule has 1 unspecified atom stereocenters. The van der Waals surface area contributed by atoms with Crippen molar-refractivity contribution in [3.05, 3.63) is 28.8 Å². The highest BCUT2D eigenvalue weighted by Crippen LogP contribution is 2.35. The molecule has 0 bridgehead atoms. The zero-order chi connectivity index (χ0) is 20.9. The van der Waals surface area contributed by atoms with Crippen LogP contribution in [0.1, 0.15) is 46.6 Å². The van der Waals surface area contributed by atoms with E-state index >= 15 is 0 Å². The highest BCUT2D eigenvalue weighted by atomic mass is 35.5. The van der Waals surface area contributed by atoms with Gasteiger partial charge in [0.2, 0.25) is 0 Å². The van der Waals surface area contributed by atoms with Gasteiger partial charge in [-0.1, -0.05) is 39.3 Å². The smallest absolute Gasteiger partial charge is 0.360 e. The molecule has 1 heterocycles. The normalized spacial score (nSPS) is 18.1. The second-order valence-corrected chi connectivity index (χ2v) is 8.42. The Kier molecular flexibility index (Phi) is 7.69. The van der Waals surface area contributed by atoms with Crippen LogP contribution in [0, 0.1) is 0 Å². The van der Waals surface area contributed by atoms with Crippen molar-refractivity contribution >= 4 is 29.2 Å². The van der Waals surface area contributed by atoms with E-state index in [2.05, 4.69) is 58.4 Å². The molecule has 0 aliphatic carbocycles. The molecule has 0 saturated carbocycles. The van der Waals surface area contributed by atoms with Crippen molar-refractivity contribution in [3.63, 3.8) is 0 Å². The molecule has 0 radical (unpaired) electrons. The van der Waals surface area contributed by atoms with E-state index in [1.54, 1.807) is 0 Å². The van der Waals surface area contributed by atoms with E-state index in [1.165, 1.54) is 11.3 Å². The fourth-order valence-corrected chi connectivity index (χ4v) is 3.56. The maximum absolute atomic E-state index is 11.9. The number of benzene rings is 1. The summed E-state index contributed by atoms with van der Waals surface area (Å²) < 4.78 is 0. The van der Waals surface area contributed by atoms with Gasteiger partial charge in [0.15, 0.2) is 0 Å². The summed E-state index contributed by atoms with van der Waals surface area (Å²) in [5.74, 6) is -1.29. The van der Waals surface area contributed by atoms with Gasteiger partial charge in [0.25, 0.3) is 0 Å². The zero-order valence-electron chi connectivity index (χ0n) is 17.2. The lowest BCUT2D eigenvalue weighted by Gasteiger charge is -2.43. The van der Waals surface area contributed by atoms with Crippen LogP contribution in [-0.4, -0.2) is 49.1 Å². The molecule has 2 rings (SSSR count). The summed E-state index contributed by atoms with van der Waals surface area (Å²) in [6.07, 6.45) is 0.882. The molecule has 1 saturated heterocycles. The first kappa shape index (κ1) is 22.5. The van der Waals surface area contributed by atoms with Crippen LogP contribution in [0.15, 0.2) is 18.2 Å². The number of halogens is 1. The van der Waals surface area contributed by atoms with Crippen molar-refractivity contribution < 1.29 is 24.4 Å². The van der Waals surface area contributed by atoms with Gasteiger partial charge in [-0.05, 0) is 35.6 Å². The van der Waals surface area contributed by atoms with E-state index in [0.29, 0.717) is 6.54 Å². The molecule has 0 amide bonds. The predicted molar refractivity (Wildman–Crippen MR) is 107 cm³/mol. The van der Waals surface area contributed by atoms with E-state index < -0.39 is 11.9 Å². The van der Waals surface area contributed by atoms with Crippen LogP contribution in [0.25, 0.3) is 0 Å². The Morgan fingerprint density at radius 2 is 1.93 bits per heavy atom. The maximum atomic E-state index is 11.9. The molecule has 1 fully saturated rings. The number of hydrogen-bond acceptors (Lipinski definition) is 7. The van der Waals surface area contributed by atoms with Gasteiger partial charge in [0, 0.05) is 48.3 Å². The van der Waals surface area contributed by atoms with Crippen LogP contribution in [-0.2, 0) is 29.8 Å². The summed E-state index contributed by atoms with van der Waals surface area (Å²) >= 11 is 6.24. The lowest BCUT2D eigenvalue weighted by molar-refractivity contribution is -0.458. The fourth-order valence-electron chi connectivity index (χ4n) is 3.39. The number of nitrogens with zero attached hydrogens (tertiary/aromatic N) is 2. The molecular weight excluding hydrogens is 384 g/mol. The summed E-state index contributed by atoms with van der Waals surface area (Å²) in [6, 6.07) is 6.21. The molecule has 28 heavy (non-hydrogen) atoms. The van der Waals surface area contributed by atoms with Gasteiger partial charge in [0.1, 0.15) is 6.54 Å². The third-order valence-corrected chi connectivity index (χ3v) is 5.03. The van der Waals surface area contributed by atoms with Gasteiger partial charge < -0.3 is 4.90 Å². The first-order chi connectivity index (χ1) is 13.1. The van der Waals surface area contributed by atoms with E-state index in [9.17, 15) is 9.59 Å². The van der Waals surface area contributed by atoms with Gasteiger partial charge in [0.05, 0.1) is 0 Å². The number of carbonyl (C=O) groups excluding carboxylic acids is 2. The topological polar surface area (TPSA) is 68.3 Å². The molecule has 156 valence electrons. The largest absolute Gasteiger partial charge is 0.368 e. The van der Waals surface area contributed by atoms with Gasteiger partial charge in [-0.2, -0.15) is 0 Å². The molecule has 1 aromatic carbocycles. The fraction of sp³-hybridized carbons (Fsp3) is 0.600. The van der Waals surface area contributed by atoms with Gasteiger partial charge in [-0.15, -0.1) is 0 Å². The monoisotopic (exact) mass is 412 g/mol. The Morgan fingerprint density at radius 1 is 1.21 bits per heavy atom. The Bertz CT molecular complexity index is 704. The lowest BCUT2D eigenvalue weighted by atomic mass is 9.85. The van der Waals surface area contributed by atoms with Crippen LogP contribution >= 0.6 is 11.6 Å². The van der Waals surface area contributed by atoms with Crippen molar-refractivity contribution in [1.82, 2.24) is 4.90 Å². The predicted octanol–water partition coefficient (Wildman–Crippen LogP) is 3.49. The van der Waals surface area contributed by atoms with Crippen molar-refractivity contribution in [1.29, 1.82) is 0 Å². The summed E-state index contributed by atoms with van der Waals surface area (Å²) in [7, 11) is 0. The van der Waals surface area contributed by atoms with Gasteiger partial charge >= 0.3 is 11.9 Å². The van der Waals surface area contributed by atoms with E-state index in [0.717, 1.165) is 31.5 Å². The molecule has 0 aromatic heterocycles. The SMILES string of the molecule is CCC1CN(c2ccc(Cl)cc2C(C)(C)C)CCN1CC(=O)OOOC(C)=O. The van der Waals surface area contributed by atoms with Crippen LogP contribution in [0.4, 0.5) is 5.69 Å². The minimum Gasteiger partial charge on any atom is -0.368 e. The summed E-state index contributed by atoms with van der Waals surface area (Å²) in [5.41, 5.74) is 2.35.